The fourth-order valence-electron chi connectivity index (χ4n) is 5.01. The standard InChI is InChI=1S/C26H23N5O/c1-14-23(19-8-4-5-9-21(19)28-14)26-30-24-18-7-3-2-6-16(18)17-11-10-15(29-22(32)13-27)12-20(17)25(24)31-26/h2-12,14,23,28H,13,27H2,1H3,(H,29,32)(H,30,31). The number of aromatic nitrogens is 2. The number of nitrogens with one attached hydrogen (secondary N) is 3. The van der Waals surface area contributed by atoms with Crippen molar-refractivity contribution in [2.45, 2.75) is 18.9 Å². The summed E-state index contributed by atoms with van der Waals surface area (Å²) in [6.45, 7) is 2.14. The van der Waals surface area contributed by atoms with Gasteiger partial charge in [-0.05, 0) is 41.5 Å². The average Bonchev–Trinajstić information content (AvgIpc) is 3.39. The third-order valence-corrected chi connectivity index (χ3v) is 6.43. The van der Waals surface area contributed by atoms with Gasteiger partial charge in [0.25, 0.3) is 0 Å². The van der Waals surface area contributed by atoms with Crippen LogP contribution in [0.4, 0.5) is 11.4 Å². The van der Waals surface area contributed by atoms with Crippen molar-refractivity contribution in [3.63, 3.8) is 0 Å². The van der Waals surface area contributed by atoms with E-state index in [0.29, 0.717) is 0 Å². The van der Waals surface area contributed by atoms with E-state index in [2.05, 4.69) is 65.0 Å². The Morgan fingerprint density at radius 3 is 2.59 bits per heavy atom. The number of benzene rings is 4. The van der Waals surface area contributed by atoms with Crippen molar-refractivity contribution in [2.24, 2.45) is 5.73 Å². The number of fused-ring (bicyclic) bond motifs is 7. The second kappa shape index (κ2) is 7.07. The Labute approximate surface area is 184 Å². The summed E-state index contributed by atoms with van der Waals surface area (Å²) in [7, 11) is 0. The number of carbonyl (C=O) groups is 1. The number of rotatable bonds is 3. The molecule has 0 fully saturated rings. The molecule has 0 radical (unpaired) electrons. The first kappa shape index (κ1) is 18.8. The van der Waals surface area contributed by atoms with Crippen LogP contribution in [0.3, 0.4) is 0 Å². The number of carbonyl (C=O) groups excluding carboxylic acids is 1. The molecule has 2 heterocycles. The number of amides is 1. The summed E-state index contributed by atoms with van der Waals surface area (Å²) in [4.78, 5) is 20.6. The van der Waals surface area contributed by atoms with Gasteiger partial charge in [0.15, 0.2) is 0 Å². The third-order valence-electron chi connectivity index (χ3n) is 6.43. The molecule has 1 aliphatic heterocycles. The summed E-state index contributed by atoms with van der Waals surface area (Å²) < 4.78 is 0. The number of imidazole rings is 1. The zero-order valence-electron chi connectivity index (χ0n) is 17.6. The lowest BCUT2D eigenvalue weighted by Crippen LogP contribution is -2.21. The number of aromatic amines is 1. The fraction of sp³-hybridized carbons (Fsp3) is 0.154. The second-order valence-corrected chi connectivity index (χ2v) is 8.40. The molecule has 6 nitrogen and oxygen atoms in total. The van der Waals surface area contributed by atoms with Crippen LogP contribution in [-0.2, 0) is 4.79 Å². The van der Waals surface area contributed by atoms with Gasteiger partial charge in [0.05, 0.1) is 23.5 Å². The van der Waals surface area contributed by atoms with E-state index in [4.69, 9.17) is 10.7 Å². The van der Waals surface area contributed by atoms with Crippen LogP contribution < -0.4 is 16.4 Å². The summed E-state index contributed by atoms with van der Waals surface area (Å²) in [6.07, 6.45) is 0. The number of hydrogen-bond donors (Lipinski definition) is 4. The number of H-pyrrole nitrogens is 1. The lowest BCUT2D eigenvalue weighted by molar-refractivity contribution is -0.114. The van der Waals surface area contributed by atoms with Gasteiger partial charge >= 0.3 is 0 Å². The first-order valence-corrected chi connectivity index (χ1v) is 10.8. The van der Waals surface area contributed by atoms with Crippen LogP contribution in [0.1, 0.15) is 24.2 Å². The van der Waals surface area contributed by atoms with E-state index in [1.807, 2.05) is 24.3 Å². The average molecular weight is 422 g/mol. The second-order valence-electron chi connectivity index (χ2n) is 8.40. The number of hydrogen-bond acceptors (Lipinski definition) is 4. The highest BCUT2D eigenvalue weighted by Gasteiger charge is 2.32. The first-order valence-electron chi connectivity index (χ1n) is 10.8. The van der Waals surface area contributed by atoms with Crippen LogP contribution in [0.25, 0.3) is 32.6 Å². The van der Waals surface area contributed by atoms with Gasteiger partial charge in [-0.15, -0.1) is 0 Å². The summed E-state index contributed by atoms with van der Waals surface area (Å²) in [5.41, 5.74) is 10.5. The van der Waals surface area contributed by atoms with Crippen molar-refractivity contribution in [1.29, 1.82) is 0 Å². The van der Waals surface area contributed by atoms with Gasteiger partial charge in [0, 0.05) is 28.2 Å². The Bertz CT molecular complexity index is 1520. The summed E-state index contributed by atoms with van der Waals surface area (Å²) in [6, 6.07) is 23.0. The van der Waals surface area contributed by atoms with Gasteiger partial charge in [0.2, 0.25) is 5.91 Å². The maximum atomic E-state index is 11.9. The van der Waals surface area contributed by atoms with Gasteiger partial charge in [-0.2, -0.15) is 0 Å². The minimum Gasteiger partial charge on any atom is -0.381 e. The number of anilines is 2. The SMILES string of the molecule is CC1Nc2ccccc2C1c1nc2c3cc(NC(=O)CN)ccc3c3ccccc3c2[nH]1. The third kappa shape index (κ3) is 2.77. The van der Waals surface area contributed by atoms with E-state index in [1.165, 1.54) is 5.56 Å². The molecule has 5 N–H and O–H groups in total. The van der Waals surface area contributed by atoms with Crippen LogP contribution in [0.5, 0.6) is 0 Å². The summed E-state index contributed by atoms with van der Waals surface area (Å²) >= 11 is 0. The predicted molar refractivity (Wildman–Crippen MR) is 130 cm³/mol. The highest BCUT2D eigenvalue weighted by atomic mass is 16.1. The van der Waals surface area contributed by atoms with Gasteiger partial charge in [-0.25, -0.2) is 4.98 Å². The summed E-state index contributed by atoms with van der Waals surface area (Å²) in [5.74, 6) is 0.859. The topological polar surface area (TPSA) is 95.8 Å². The molecule has 5 aromatic rings. The molecule has 158 valence electrons. The smallest absolute Gasteiger partial charge is 0.238 e. The molecule has 0 spiro atoms. The van der Waals surface area contributed by atoms with Crippen molar-refractivity contribution in [1.82, 2.24) is 9.97 Å². The number of nitrogens with zero attached hydrogens (tertiary/aromatic N) is 1. The highest BCUT2D eigenvalue weighted by Crippen LogP contribution is 2.41. The molecule has 2 atom stereocenters. The molecule has 1 amide bonds. The molecule has 6 heteroatoms. The van der Waals surface area contributed by atoms with Crippen LogP contribution in [0, 0.1) is 0 Å². The molecule has 0 bridgehead atoms. The van der Waals surface area contributed by atoms with Crippen molar-refractivity contribution in [3.05, 3.63) is 78.1 Å². The molecule has 4 aromatic carbocycles. The Hall–Kier alpha value is -3.90. The monoisotopic (exact) mass is 421 g/mol. The van der Waals surface area contributed by atoms with E-state index >= 15 is 0 Å². The number of nitrogens with two attached hydrogens (primary N) is 1. The van der Waals surface area contributed by atoms with E-state index in [1.54, 1.807) is 0 Å². The number of para-hydroxylation sites is 1. The molecule has 1 aliphatic rings. The van der Waals surface area contributed by atoms with E-state index in [9.17, 15) is 4.79 Å². The van der Waals surface area contributed by atoms with Gasteiger partial charge in [-0.1, -0.05) is 48.5 Å². The highest BCUT2D eigenvalue weighted by molar-refractivity contribution is 6.23. The summed E-state index contributed by atoms with van der Waals surface area (Å²) in [5, 5.41) is 10.8. The molecule has 1 aromatic heterocycles. The van der Waals surface area contributed by atoms with Crippen molar-refractivity contribution in [3.8, 4) is 0 Å². The maximum absolute atomic E-state index is 11.9. The van der Waals surface area contributed by atoms with Crippen molar-refractivity contribution in [2.75, 3.05) is 17.2 Å². The van der Waals surface area contributed by atoms with Crippen LogP contribution in [0.2, 0.25) is 0 Å². The van der Waals surface area contributed by atoms with E-state index in [-0.39, 0.29) is 24.4 Å². The predicted octanol–water partition coefficient (Wildman–Crippen LogP) is 4.71. The van der Waals surface area contributed by atoms with Crippen LogP contribution in [-0.4, -0.2) is 28.5 Å². The molecule has 0 saturated carbocycles. The largest absolute Gasteiger partial charge is 0.381 e. The minimum absolute atomic E-state index is 0.0519. The Kier molecular flexibility index (Phi) is 4.16. The minimum atomic E-state index is -0.216. The first-order chi connectivity index (χ1) is 15.6. The normalized spacial score (nSPS) is 17.6. The Balaban J connectivity index is 1.62. The van der Waals surface area contributed by atoms with Crippen LogP contribution in [0.15, 0.2) is 66.7 Å². The molecule has 32 heavy (non-hydrogen) atoms. The van der Waals surface area contributed by atoms with E-state index in [0.717, 1.165) is 49.8 Å². The molecule has 0 aliphatic carbocycles. The van der Waals surface area contributed by atoms with Crippen molar-refractivity contribution < 1.29 is 4.79 Å². The van der Waals surface area contributed by atoms with Crippen molar-refractivity contribution >= 4 is 49.9 Å². The molecule has 6 rings (SSSR count). The Morgan fingerprint density at radius 2 is 1.75 bits per heavy atom. The Morgan fingerprint density at radius 1 is 1.00 bits per heavy atom. The zero-order valence-corrected chi connectivity index (χ0v) is 17.6. The maximum Gasteiger partial charge on any atom is 0.238 e. The van der Waals surface area contributed by atoms with Gasteiger partial charge in [0.1, 0.15) is 5.82 Å². The lowest BCUT2D eigenvalue weighted by atomic mass is 9.95. The fourth-order valence-corrected chi connectivity index (χ4v) is 5.01. The van der Waals surface area contributed by atoms with Gasteiger partial charge in [-0.3, -0.25) is 4.79 Å². The molecule has 2 unspecified atom stereocenters. The lowest BCUT2D eigenvalue weighted by Gasteiger charge is -2.13. The van der Waals surface area contributed by atoms with Crippen LogP contribution >= 0.6 is 0 Å². The molecular weight excluding hydrogens is 398 g/mol. The molecular formula is C26H23N5O. The van der Waals surface area contributed by atoms with E-state index < -0.39 is 0 Å². The molecule has 0 saturated heterocycles. The zero-order chi connectivity index (χ0) is 21.8. The van der Waals surface area contributed by atoms with Gasteiger partial charge < -0.3 is 21.4 Å². The quantitative estimate of drug-likeness (QED) is 0.317.